The van der Waals surface area contributed by atoms with Gasteiger partial charge in [0.15, 0.2) is 0 Å². The lowest BCUT2D eigenvalue weighted by atomic mass is 10.1. The molecule has 0 bridgehead atoms. The predicted octanol–water partition coefficient (Wildman–Crippen LogP) is -5.24. The first-order valence-corrected chi connectivity index (χ1v) is 13.2. The number of amides is 9. The second-order valence-electron chi connectivity index (χ2n) is 9.89. The van der Waals surface area contributed by atoms with Crippen LogP contribution < -0.4 is 49.1 Å². The lowest BCUT2D eigenvalue weighted by Gasteiger charge is -2.27. The van der Waals surface area contributed by atoms with E-state index in [9.17, 15) is 43.2 Å². The van der Waals surface area contributed by atoms with Crippen LogP contribution in [0.15, 0.2) is 0 Å². The van der Waals surface area contributed by atoms with E-state index in [0.29, 0.717) is 0 Å². The van der Waals surface area contributed by atoms with Gasteiger partial charge in [-0.1, -0.05) is 0 Å². The van der Waals surface area contributed by atoms with Crippen LogP contribution in [-0.4, -0.2) is 89.4 Å². The maximum Gasteiger partial charge on any atom is 0.243 e. The Kier molecular flexibility index (Phi) is 13.8. The van der Waals surface area contributed by atoms with Crippen LogP contribution in [0.3, 0.4) is 0 Å². The third kappa shape index (κ3) is 12.2. The number of nitrogens with two attached hydrogens (primary N) is 3. The zero-order valence-corrected chi connectivity index (χ0v) is 23.6. The molecule has 0 aromatic heterocycles. The van der Waals surface area contributed by atoms with Gasteiger partial charge in [-0.25, -0.2) is 0 Å². The van der Waals surface area contributed by atoms with Gasteiger partial charge < -0.3 is 49.1 Å². The quantitative estimate of drug-likeness (QED) is 0.122. The number of carbonyl (C=O) groups is 9. The summed E-state index contributed by atoms with van der Waals surface area (Å²) in [6, 6.07) is -7.89. The molecule has 1 aliphatic rings. The standard InChI is InChI=1S/C24H39N9O9/c1-10-19(37)31-14(5-8-17(26)35)23(41)29-12(3)21(39)33-15(6-9-18(27)36)24(42)30-11(2)20(38)32-13(22(40)28-10)4-7-16(25)34/h10-15H,4-9H2,1-3H3,(H2,25,34)(H2,26,35)(H2,27,36)(H,28,40)(H,29,41)(H,30,42)(H,31,37)(H,32,38)(H,33,39)/t10-,11-,12-,13+,14+,15+/m1/s1. The molecule has 42 heavy (non-hydrogen) atoms. The van der Waals surface area contributed by atoms with E-state index in [1.807, 2.05) is 0 Å². The molecule has 0 saturated carbocycles. The largest absolute Gasteiger partial charge is 0.370 e. The monoisotopic (exact) mass is 597 g/mol. The summed E-state index contributed by atoms with van der Waals surface area (Å²) in [5.41, 5.74) is 15.5. The van der Waals surface area contributed by atoms with Crippen molar-refractivity contribution < 1.29 is 43.2 Å². The molecule has 18 nitrogen and oxygen atoms in total. The van der Waals surface area contributed by atoms with Crippen LogP contribution in [0.1, 0.15) is 59.3 Å². The summed E-state index contributed by atoms with van der Waals surface area (Å²) in [6.07, 6.45) is -1.68. The van der Waals surface area contributed by atoms with Crippen molar-refractivity contribution >= 4 is 53.2 Å². The predicted molar refractivity (Wildman–Crippen MR) is 144 cm³/mol. The molecule has 9 amide bonds. The molecule has 1 aliphatic heterocycles. The van der Waals surface area contributed by atoms with E-state index in [2.05, 4.69) is 31.9 Å². The van der Waals surface area contributed by atoms with Crippen molar-refractivity contribution in [2.24, 2.45) is 17.2 Å². The first-order chi connectivity index (χ1) is 19.5. The fraction of sp³-hybridized carbons (Fsp3) is 0.625. The molecule has 0 aromatic carbocycles. The highest BCUT2D eigenvalue weighted by Gasteiger charge is 2.32. The fourth-order valence-electron chi connectivity index (χ4n) is 3.69. The average molecular weight is 598 g/mol. The van der Waals surface area contributed by atoms with E-state index in [1.165, 1.54) is 20.8 Å². The Labute approximate surface area is 241 Å². The Morgan fingerprint density at radius 2 is 0.667 bits per heavy atom. The van der Waals surface area contributed by atoms with E-state index in [4.69, 9.17) is 17.2 Å². The van der Waals surface area contributed by atoms with E-state index >= 15 is 0 Å². The average Bonchev–Trinajstić information content (AvgIpc) is 2.89. The van der Waals surface area contributed by atoms with Crippen molar-refractivity contribution in [2.75, 3.05) is 0 Å². The first kappa shape index (κ1) is 35.3. The SMILES string of the molecule is C[C@H]1NC(=O)[C@H](CCC(N)=O)NC(=O)[C@@H](C)NC(=O)[C@H](CCC(N)=O)NC(=O)[C@@H](C)NC(=O)[C@H](CCC(N)=O)NC1=O. The number of rotatable bonds is 9. The molecular formula is C24H39N9O9. The number of carbonyl (C=O) groups excluding carboxylic acids is 9. The van der Waals surface area contributed by atoms with Crippen molar-refractivity contribution in [1.82, 2.24) is 31.9 Å². The summed E-state index contributed by atoms with van der Waals surface area (Å²) in [6.45, 7) is 3.85. The van der Waals surface area contributed by atoms with Gasteiger partial charge >= 0.3 is 0 Å². The Bertz CT molecular complexity index is 964. The van der Waals surface area contributed by atoms with E-state index in [0.717, 1.165) is 0 Å². The van der Waals surface area contributed by atoms with E-state index < -0.39 is 89.4 Å². The van der Waals surface area contributed by atoms with Gasteiger partial charge in [0.05, 0.1) is 0 Å². The number of primary amides is 3. The van der Waals surface area contributed by atoms with Gasteiger partial charge in [-0.2, -0.15) is 0 Å². The second-order valence-corrected chi connectivity index (χ2v) is 9.89. The maximum atomic E-state index is 13.0. The van der Waals surface area contributed by atoms with Gasteiger partial charge in [0.2, 0.25) is 53.2 Å². The van der Waals surface area contributed by atoms with Crippen LogP contribution in [0.5, 0.6) is 0 Å². The molecule has 234 valence electrons. The van der Waals surface area contributed by atoms with Crippen molar-refractivity contribution in [3.8, 4) is 0 Å². The first-order valence-electron chi connectivity index (χ1n) is 13.2. The third-order valence-corrected chi connectivity index (χ3v) is 6.19. The topological polar surface area (TPSA) is 304 Å². The van der Waals surface area contributed by atoms with Crippen molar-refractivity contribution in [1.29, 1.82) is 0 Å². The van der Waals surface area contributed by atoms with Gasteiger partial charge in [0, 0.05) is 19.3 Å². The van der Waals surface area contributed by atoms with Crippen LogP contribution in [0.25, 0.3) is 0 Å². The Morgan fingerprint density at radius 3 is 0.857 bits per heavy atom. The molecule has 0 aromatic rings. The molecule has 6 atom stereocenters. The highest BCUT2D eigenvalue weighted by atomic mass is 16.2. The molecule has 18 heteroatoms. The normalized spacial score (nSPS) is 26.6. The van der Waals surface area contributed by atoms with Gasteiger partial charge in [-0.3, -0.25) is 43.2 Å². The molecule has 0 unspecified atom stereocenters. The third-order valence-electron chi connectivity index (χ3n) is 6.19. The lowest BCUT2D eigenvalue weighted by Crippen LogP contribution is -2.60. The summed E-state index contributed by atoms with van der Waals surface area (Å²) in [5, 5.41) is 14.2. The highest BCUT2D eigenvalue weighted by molar-refractivity contribution is 5.98. The summed E-state index contributed by atoms with van der Waals surface area (Å²) in [7, 11) is 0. The van der Waals surface area contributed by atoms with Crippen LogP contribution in [0.2, 0.25) is 0 Å². The summed E-state index contributed by atoms with van der Waals surface area (Å²) in [4.78, 5) is 111. The number of hydrogen-bond acceptors (Lipinski definition) is 9. The molecule has 1 fully saturated rings. The van der Waals surface area contributed by atoms with Gasteiger partial charge in [0.1, 0.15) is 36.3 Å². The molecule has 0 spiro atoms. The molecule has 1 heterocycles. The summed E-state index contributed by atoms with van der Waals surface area (Å²) < 4.78 is 0. The minimum absolute atomic E-state index is 0.249. The van der Waals surface area contributed by atoms with Crippen molar-refractivity contribution in [3.05, 3.63) is 0 Å². The smallest absolute Gasteiger partial charge is 0.243 e. The Hall–Kier alpha value is -4.77. The summed E-state index contributed by atoms with van der Waals surface area (Å²) in [5.74, 6) is -7.46. The fourth-order valence-corrected chi connectivity index (χ4v) is 3.69. The van der Waals surface area contributed by atoms with Gasteiger partial charge in [-0.15, -0.1) is 0 Å². The van der Waals surface area contributed by atoms with Crippen LogP contribution in [0.4, 0.5) is 0 Å². The van der Waals surface area contributed by atoms with Crippen molar-refractivity contribution in [3.63, 3.8) is 0 Å². The lowest BCUT2D eigenvalue weighted by molar-refractivity contribution is -0.136. The van der Waals surface area contributed by atoms with Gasteiger partial charge in [-0.05, 0) is 40.0 Å². The zero-order chi connectivity index (χ0) is 32.1. The van der Waals surface area contributed by atoms with Gasteiger partial charge in [0.25, 0.3) is 0 Å². The molecule has 1 rings (SSSR count). The van der Waals surface area contributed by atoms with E-state index in [1.54, 1.807) is 0 Å². The molecular weight excluding hydrogens is 558 g/mol. The number of hydrogen-bond donors (Lipinski definition) is 9. The Morgan fingerprint density at radius 1 is 0.452 bits per heavy atom. The highest BCUT2D eigenvalue weighted by Crippen LogP contribution is 2.05. The molecule has 1 saturated heterocycles. The van der Waals surface area contributed by atoms with Crippen LogP contribution in [-0.2, 0) is 43.2 Å². The molecule has 0 aliphatic carbocycles. The zero-order valence-electron chi connectivity index (χ0n) is 23.6. The maximum absolute atomic E-state index is 13.0. The second kappa shape index (κ2) is 16.5. The minimum atomic E-state index is -1.36. The Balaban J connectivity index is 3.41. The van der Waals surface area contributed by atoms with Crippen LogP contribution >= 0.6 is 0 Å². The molecule has 12 N–H and O–H groups in total. The molecule has 0 radical (unpaired) electrons. The number of nitrogens with one attached hydrogen (secondary N) is 6. The summed E-state index contributed by atoms with van der Waals surface area (Å²) >= 11 is 0. The minimum Gasteiger partial charge on any atom is -0.370 e. The van der Waals surface area contributed by atoms with Crippen molar-refractivity contribution in [2.45, 2.75) is 95.5 Å². The van der Waals surface area contributed by atoms with E-state index in [-0.39, 0.29) is 38.5 Å². The van der Waals surface area contributed by atoms with Crippen LogP contribution in [0, 0.1) is 0 Å².